The number of benzene rings is 1. The molecule has 0 aliphatic heterocycles. The van der Waals surface area contributed by atoms with Crippen molar-refractivity contribution in [3.63, 3.8) is 0 Å². The summed E-state index contributed by atoms with van der Waals surface area (Å²) < 4.78 is 0. The lowest BCUT2D eigenvalue weighted by Gasteiger charge is -2.21. The lowest BCUT2D eigenvalue weighted by atomic mass is 9.83. The number of rotatable bonds is 1. The van der Waals surface area contributed by atoms with Crippen LogP contribution in [0, 0.1) is 5.92 Å². The monoisotopic (exact) mass is 192 g/mol. The summed E-state index contributed by atoms with van der Waals surface area (Å²) in [5.41, 5.74) is 1.90. The Bertz CT molecular complexity index is 371. The highest BCUT2D eigenvalue weighted by Crippen LogP contribution is 2.31. The molecule has 2 N–H and O–H groups in total. The fourth-order valence-electron chi connectivity index (χ4n) is 1.98. The Morgan fingerprint density at radius 2 is 2.21 bits per heavy atom. The molecule has 0 spiro atoms. The van der Waals surface area contributed by atoms with Crippen LogP contribution in [0.1, 0.15) is 17.5 Å². The van der Waals surface area contributed by atoms with Crippen molar-refractivity contribution in [3.8, 4) is 5.75 Å². The second kappa shape index (κ2) is 3.33. The maximum Gasteiger partial charge on any atom is 0.306 e. The average Bonchev–Trinajstić information content (AvgIpc) is 2.18. The zero-order valence-corrected chi connectivity index (χ0v) is 7.73. The first-order valence-electron chi connectivity index (χ1n) is 4.71. The van der Waals surface area contributed by atoms with Crippen molar-refractivity contribution in [3.05, 3.63) is 29.3 Å². The van der Waals surface area contributed by atoms with E-state index in [4.69, 9.17) is 5.11 Å². The van der Waals surface area contributed by atoms with Gasteiger partial charge in [0.05, 0.1) is 5.92 Å². The SMILES string of the molecule is O=C(O)C1CCc2cccc(O)c2C1. The maximum absolute atomic E-state index is 10.8. The summed E-state index contributed by atoms with van der Waals surface area (Å²) in [6.45, 7) is 0. The van der Waals surface area contributed by atoms with Gasteiger partial charge in [-0.25, -0.2) is 0 Å². The topological polar surface area (TPSA) is 57.5 Å². The van der Waals surface area contributed by atoms with E-state index in [1.807, 2.05) is 6.07 Å². The molecular weight excluding hydrogens is 180 g/mol. The van der Waals surface area contributed by atoms with Gasteiger partial charge in [0.15, 0.2) is 0 Å². The van der Waals surface area contributed by atoms with Crippen molar-refractivity contribution < 1.29 is 15.0 Å². The Balaban J connectivity index is 2.33. The lowest BCUT2D eigenvalue weighted by molar-refractivity contribution is -0.142. The van der Waals surface area contributed by atoms with Crippen LogP contribution in [0.3, 0.4) is 0 Å². The number of hydrogen-bond donors (Lipinski definition) is 2. The predicted molar refractivity (Wildman–Crippen MR) is 51.3 cm³/mol. The second-order valence-electron chi connectivity index (χ2n) is 3.69. The minimum absolute atomic E-state index is 0.230. The standard InChI is InChI=1S/C11H12O3/c12-10-3-1-2-7-4-5-8(11(13)14)6-9(7)10/h1-3,8,12H,4-6H2,(H,13,14). The molecule has 3 heteroatoms. The molecule has 0 fully saturated rings. The van der Waals surface area contributed by atoms with Gasteiger partial charge in [-0.15, -0.1) is 0 Å². The number of phenols is 1. The van der Waals surface area contributed by atoms with Gasteiger partial charge < -0.3 is 10.2 Å². The lowest BCUT2D eigenvalue weighted by Crippen LogP contribution is -2.22. The molecule has 1 aromatic rings. The quantitative estimate of drug-likeness (QED) is 0.710. The van der Waals surface area contributed by atoms with Crippen molar-refractivity contribution in [1.82, 2.24) is 0 Å². The molecule has 0 aromatic heterocycles. The zero-order chi connectivity index (χ0) is 10.1. The molecule has 1 aliphatic rings. The molecule has 0 amide bonds. The highest BCUT2D eigenvalue weighted by Gasteiger charge is 2.25. The number of carboxylic acid groups (broad SMARTS) is 1. The van der Waals surface area contributed by atoms with Gasteiger partial charge in [-0.05, 0) is 36.5 Å². The van der Waals surface area contributed by atoms with E-state index >= 15 is 0 Å². The fourth-order valence-corrected chi connectivity index (χ4v) is 1.98. The van der Waals surface area contributed by atoms with Gasteiger partial charge in [0.25, 0.3) is 0 Å². The molecule has 1 unspecified atom stereocenters. The van der Waals surface area contributed by atoms with Gasteiger partial charge in [-0.2, -0.15) is 0 Å². The molecule has 1 aromatic carbocycles. The van der Waals surface area contributed by atoms with Crippen LogP contribution in [0.15, 0.2) is 18.2 Å². The first kappa shape index (κ1) is 9.06. The predicted octanol–water partition coefficient (Wildman–Crippen LogP) is 1.58. The Morgan fingerprint density at radius 1 is 1.43 bits per heavy atom. The molecule has 1 aliphatic carbocycles. The number of hydrogen-bond acceptors (Lipinski definition) is 2. The number of carbonyl (C=O) groups is 1. The Labute approximate surface area is 82.0 Å². The van der Waals surface area contributed by atoms with Crippen LogP contribution in [0.5, 0.6) is 5.75 Å². The molecule has 14 heavy (non-hydrogen) atoms. The number of aliphatic carboxylic acids is 1. The van der Waals surface area contributed by atoms with Crippen LogP contribution in [0.25, 0.3) is 0 Å². The van der Waals surface area contributed by atoms with Crippen molar-refractivity contribution in [2.75, 3.05) is 0 Å². The summed E-state index contributed by atoms with van der Waals surface area (Å²) in [7, 11) is 0. The fraction of sp³-hybridized carbons (Fsp3) is 0.364. The van der Waals surface area contributed by atoms with E-state index in [1.165, 1.54) is 0 Å². The van der Waals surface area contributed by atoms with Crippen molar-refractivity contribution >= 4 is 5.97 Å². The Morgan fingerprint density at radius 3 is 2.93 bits per heavy atom. The number of aromatic hydroxyl groups is 1. The Hall–Kier alpha value is -1.51. The first-order valence-corrected chi connectivity index (χ1v) is 4.71. The number of phenolic OH excluding ortho intramolecular Hbond substituents is 1. The van der Waals surface area contributed by atoms with E-state index in [0.29, 0.717) is 12.8 Å². The summed E-state index contributed by atoms with van der Waals surface area (Å²) in [5.74, 6) is -0.872. The van der Waals surface area contributed by atoms with E-state index < -0.39 is 5.97 Å². The van der Waals surface area contributed by atoms with E-state index in [0.717, 1.165) is 17.5 Å². The zero-order valence-electron chi connectivity index (χ0n) is 7.73. The van der Waals surface area contributed by atoms with Crippen molar-refractivity contribution in [1.29, 1.82) is 0 Å². The third kappa shape index (κ3) is 1.45. The number of aryl methyl sites for hydroxylation is 1. The Kier molecular flexibility index (Phi) is 2.15. The van der Waals surface area contributed by atoms with Crippen LogP contribution in [-0.4, -0.2) is 16.2 Å². The molecule has 0 bridgehead atoms. The van der Waals surface area contributed by atoms with Gasteiger partial charge in [-0.3, -0.25) is 4.79 Å². The second-order valence-corrected chi connectivity index (χ2v) is 3.69. The first-order chi connectivity index (χ1) is 6.68. The molecule has 0 radical (unpaired) electrons. The summed E-state index contributed by atoms with van der Waals surface area (Å²) in [6, 6.07) is 5.37. The molecule has 0 saturated carbocycles. The molecule has 0 saturated heterocycles. The van der Waals surface area contributed by atoms with Crippen LogP contribution < -0.4 is 0 Å². The largest absolute Gasteiger partial charge is 0.508 e. The van der Waals surface area contributed by atoms with E-state index in [2.05, 4.69) is 0 Å². The van der Waals surface area contributed by atoms with Crippen LogP contribution >= 0.6 is 0 Å². The third-order valence-corrected chi connectivity index (χ3v) is 2.81. The summed E-state index contributed by atoms with van der Waals surface area (Å²) in [5, 5.41) is 18.4. The average molecular weight is 192 g/mol. The summed E-state index contributed by atoms with van der Waals surface area (Å²) in [4.78, 5) is 10.8. The van der Waals surface area contributed by atoms with Gasteiger partial charge >= 0.3 is 5.97 Å². The van der Waals surface area contributed by atoms with Crippen LogP contribution in [0.2, 0.25) is 0 Å². The van der Waals surface area contributed by atoms with Gasteiger partial charge in [-0.1, -0.05) is 12.1 Å². The number of fused-ring (bicyclic) bond motifs is 1. The number of carboxylic acids is 1. The highest BCUT2D eigenvalue weighted by molar-refractivity contribution is 5.71. The minimum atomic E-state index is -0.765. The van der Waals surface area contributed by atoms with E-state index in [-0.39, 0.29) is 11.7 Å². The van der Waals surface area contributed by atoms with Gasteiger partial charge in [0, 0.05) is 0 Å². The highest BCUT2D eigenvalue weighted by atomic mass is 16.4. The third-order valence-electron chi connectivity index (χ3n) is 2.81. The van der Waals surface area contributed by atoms with Crippen molar-refractivity contribution in [2.45, 2.75) is 19.3 Å². The molecule has 3 nitrogen and oxygen atoms in total. The van der Waals surface area contributed by atoms with Gasteiger partial charge in [0.1, 0.15) is 5.75 Å². The smallest absolute Gasteiger partial charge is 0.306 e. The molecule has 74 valence electrons. The molecule has 0 heterocycles. The van der Waals surface area contributed by atoms with Crippen molar-refractivity contribution in [2.24, 2.45) is 5.92 Å². The van der Waals surface area contributed by atoms with Gasteiger partial charge in [0.2, 0.25) is 0 Å². The van der Waals surface area contributed by atoms with E-state index in [1.54, 1.807) is 12.1 Å². The van der Waals surface area contributed by atoms with Crippen LogP contribution in [-0.2, 0) is 17.6 Å². The van der Waals surface area contributed by atoms with Crippen LogP contribution in [0.4, 0.5) is 0 Å². The summed E-state index contributed by atoms with van der Waals surface area (Å²) in [6.07, 6.45) is 1.88. The minimum Gasteiger partial charge on any atom is -0.508 e. The summed E-state index contributed by atoms with van der Waals surface area (Å²) >= 11 is 0. The molecule has 2 rings (SSSR count). The maximum atomic E-state index is 10.8. The normalized spacial score (nSPS) is 20.1. The molecule has 1 atom stereocenters. The van der Waals surface area contributed by atoms with E-state index in [9.17, 15) is 9.90 Å². The molecular formula is C11H12O3.